The number of carbonyl (C=O) groups excluding carboxylic acids is 2. The van der Waals surface area contributed by atoms with Crippen LogP contribution in [0.4, 0.5) is 0 Å². The molecule has 8 heteroatoms. The summed E-state index contributed by atoms with van der Waals surface area (Å²) in [6, 6.07) is 12.4. The van der Waals surface area contributed by atoms with Gasteiger partial charge >= 0.3 is 0 Å². The van der Waals surface area contributed by atoms with Crippen LogP contribution >= 0.6 is 39.1 Å². The molecule has 3 rings (SSSR count). The summed E-state index contributed by atoms with van der Waals surface area (Å²) in [6.07, 6.45) is 2.76. The lowest BCUT2D eigenvalue weighted by molar-refractivity contribution is -0.126. The molecular weight excluding hydrogens is 465 g/mol. The van der Waals surface area contributed by atoms with Crippen molar-refractivity contribution in [2.24, 2.45) is 11.0 Å². The SMILES string of the molecule is O=C(N/N=C\c1ccc(Br)cc1)C1CCN(C(=O)c2ccc(Cl)cc2Cl)CC1. The van der Waals surface area contributed by atoms with E-state index < -0.39 is 0 Å². The predicted molar refractivity (Wildman–Crippen MR) is 115 cm³/mol. The molecule has 0 atom stereocenters. The number of carbonyl (C=O) groups is 2. The zero-order valence-corrected chi connectivity index (χ0v) is 18.0. The molecule has 0 unspecified atom stereocenters. The summed E-state index contributed by atoms with van der Waals surface area (Å²) in [7, 11) is 0. The molecule has 2 aromatic rings. The molecule has 146 valence electrons. The number of piperidine rings is 1. The van der Waals surface area contributed by atoms with Gasteiger partial charge in [0.1, 0.15) is 0 Å². The number of likely N-dealkylation sites (tertiary alicyclic amines) is 1. The molecule has 1 aliphatic heterocycles. The first-order valence-electron chi connectivity index (χ1n) is 8.77. The molecule has 0 radical (unpaired) electrons. The van der Waals surface area contributed by atoms with Gasteiger partial charge in [-0.05, 0) is 48.7 Å². The second kappa shape index (κ2) is 9.54. The third-order valence-electron chi connectivity index (χ3n) is 4.57. The number of nitrogens with zero attached hydrogens (tertiary/aromatic N) is 2. The minimum absolute atomic E-state index is 0.134. The van der Waals surface area contributed by atoms with Gasteiger partial charge in [-0.1, -0.05) is 51.3 Å². The maximum absolute atomic E-state index is 12.6. The third kappa shape index (κ3) is 5.34. The summed E-state index contributed by atoms with van der Waals surface area (Å²) >= 11 is 15.4. The molecule has 1 N–H and O–H groups in total. The zero-order chi connectivity index (χ0) is 20.1. The first-order chi connectivity index (χ1) is 13.4. The van der Waals surface area contributed by atoms with E-state index in [1.165, 1.54) is 0 Å². The van der Waals surface area contributed by atoms with Gasteiger partial charge in [0.15, 0.2) is 0 Å². The Kier molecular flexibility index (Phi) is 7.10. The zero-order valence-electron chi connectivity index (χ0n) is 14.9. The number of amides is 2. The first-order valence-corrected chi connectivity index (χ1v) is 10.3. The quantitative estimate of drug-likeness (QED) is 0.504. The smallest absolute Gasteiger partial charge is 0.255 e. The Labute approximate surface area is 181 Å². The van der Waals surface area contributed by atoms with Gasteiger partial charge in [-0.25, -0.2) is 5.43 Å². The molecule has 5 nitrogen and oxygen atoms in total. The summed E-state index contributed by atoms with van der Waals surface area (Å²) in [6.45, 7) is 0.985. The van der Waals surface area contributed by atoms with Gasteiger partial charge in [0, 0.05) is 28.5 Å². The molecule has 1 saturated heterocycles. The van der Waals surface area contributed by atoms with Crippen LogP contribution in [0.5, 0.6) is 0 Å². The average molecular weight is 483 g/mol. The molecule has 1 fully saturated rings. The Morgan fingerprint density at radius 3 is 2.43 bits per heavy atom. The normalized spacial score (nSPS) is 15.0. The lowest BCUT2D eigenvalue weighted by Gasteiger charge is -2.31. The molecule has 2 aromatic carbocycles. The highest BCUT2D eigenvalue weighted by atomic mass is 79.9. The lowest BCUT2D eigenvalue weighted by Crippen LogP contribution is -2.42. The van der Waals surface area contributed by atoms with Crippen LogP contribution < -0.4 is 5.43 Å². The maximum atomic E-state index is 12.6. The van der Waals surface area contributed by atoms with Crippen molar-refractivity contribution in [1.82, 2.24) is 10.3 Å². The van der Waals surface area contributed by atoms with Crippen LogP contribution in [-0.2, 0) is 4.79 Å². The fourth-order valence-electron chi connectivity index (χ4n) is 2.99. The molecule has 0 aliphatic carbocycles. The fourth-order valence-corrected chi connectivity index (χ4v) is 3.74. The minimum Gasteiger partial charge on any atom is -0.339 e. The highest BCUT2D eigenvalue weighted by molar-refractivity contribution is 9.10. The summed E-state index contributed by atoms with van der Waals surface area (Å²) in [5.41, 5.74) is 3.90. The second-order valence-corrected chi connectivity index (χ2v) is 8.24. The van der Waals surface area contributed by atoms with Crippen LogP contribution in [0.15, 0.2) is 52.0 Å². The number of nitrogens with one attached hydrogen (secondary N) is 1. The number of hydrogen-bond donors (Lipinski definition) is 1. The standard InChI is InChI=1S/C20H18BrCl2N3O2/c21-15-3-1-13(2-4-15)12-24-25-19(27)14-7-9-26(10-8-14)20(28)17-6-5-16(22)11-18(17)23/h1-6,11-12,14H,7-10H2,(H,25,27)/b24-12-. The fraction of sp³-hybridized carbons (Fsp3) is 0.250. The summed E-state index contributed by atoms with van der Waals surface area (Å²) < 4.78 is 0.981. The lowest BCUT2D eigenvalue weighted by atomic mass is 9.95. The van der Waals surface area contributed by atoms with E-state index in [1.54, 1.807) is 29.3 Å². The van der Waals surface area contributed by atoms with Crippen molar-refractivity contribution >= 4 is 57.2 Å². The van der Waals surface area contributed by atoms with E-state index >= 15 is 0 Å². The van der Waals surface area contributed by atoms with Crippen molar-refractivity contribution < 1.29 is 9.59 Å². The van der Waals surface area contributed by atoms with E-state index in [9.17, 15) is 9.59 Å². The van der Waals surface area contributed by atoms with Gasteiger partial charge < -0.3 is 4.90 Å². The van der Waals surface area contributed by atoms with Crippen LogP contribution in [-0.4, -0.2) is 36.0 Å². The van der Waals surface area contributed by atoms with Gasteiger partial charge in [-0.2, -0.15) is 5.10 Å². The number of hydrazone groups is 1. The Morgan fingerprint density at radius 2 is 1.79 bits per heavy atom. The summed E-state index contributed by atoms with van der Waals surface area (Å²) in [4.78, 5) is 26.7. The van der Waals surface area contributed by atoms with Crippen LogP contribution in [0, 0.1) is 5.92 Å². The third-order valence-corrected chi connectivity index (χ3v) is 5.65. The number of benzene rings is 2. The Bertz CT molecular complexity index is 895. The van der Waals surface area contributed by atoms with Crippen molar-refractivity contribution in [3.63, 3.8) is 0 Å². The largest absolute Gasteiger partial charge is 0.339 e. The molecule has 0 saturated carbocycles. The number of halogens is 3. The molecule has 28 heavy (non-hydrogen) atoms. The van der Waals surface area contributed by atoms with Crippen LogP contribution in [0.1, 0.15) is 28.8 Å². The molecule has 0 spiro atoms. The topological polar surface area (TPSA) is 61.8 Å². The maximum Gasteiger partial charge on any atom is 0.255 e. The minimum atomic E-state index is -0.174. The summed E-state index contributed by atoms with van der Waals surface area (Å²) in [5, 5.41) is 4.84. The highest BCUT2D eigenvalue weighted by Crippen LogP contribution is 2.25. The van der Waals surface area contributed by atoms with Crippen molar-refractivity contribution in [3.05, 3.63) is 68.1 Å². The number of rotatable bonds is 4. The van der Waals surface area contributed by atoms with E-state index in [1.807, 2.05) is 24.3 Å². The van der Waals surface area contributed by atoms with Gasteiger partial charge in [-0.3, -0.25) is 9.59 Å². The second-order valence-electron chi connectivity index (χ2n) is 6.48. The molecule has 1 aliphatic rings. The van der Waals surface area contributed by atoms with Crippen LogP contribution in [0.25, 0.3) is 0 Å². The molecule has 2 amide bonds. The van der Waals surface area contributed by atoms with E-state index in [0.717, 1.165) is 10.0 Å². The Balaban J connectivity index is 1.51. The molecule has 0 bridgehead atoms. The van der Waals surface area contributed by atoms with Crippen LogP contribution in [0.3, 0.4) is 0 Å². The molecule has 1 heterocycles. The van der Waals surface area contributed by atoms with Gasteiger partial charge in [0.2, 0.25) is 5.91 Å². The van der Waals surface area contributed by atoms with E-state index in [0.29, 0.717) is 41.5 Å². The van der Waals surface area contributed by atoms with Crippen LogP contribution in [0.2, 0.25) is 10.0 Å². The molecular formula is C20H18BrCl2N3O2. The highest BCUT2D eigenvalue weighted by Gasteiger charge is 2.28. The van der Waals surface area contributed by atoms with E-state index in [-0.39, 0.29) is 17.7 Å². The van der Waals surface area contributed by atoms with E-state index in [2.05, 4.69) is 26.5 Å². The van der Waals surface area contributed by atoms with Crippen molar-refractivity contribution in [2.75, 3.05) is 13.1 Å². The average Bonchev–Trinajstić information content (AvgIpc) is 2.69. The van der Waals surface area contributed by atoms with Gasteiger partial charge in [0.05, 0.1) is 16.8 Å². The number of hydrogen-bond acceptors (Lipinski definition) is 3. The Hall–Kier alpha value is -1.89. The summed E-state index contributed by atoms with van der Waals surface area (Å²) in [5.74, 6) is -0.453. The first kappa shape index (κ1) is 20.8. The van der Waals surface area contributed by atoms with Gasteiger partial charge in [0.25, 0.3) is 5.91 Å². The van der Waals surface area contributed by atoms with Gasteiger partial charge in [-0.15, -0.1) is 0 Å². The monoisotopic (exact) mass is 481 g/mol. The van der Waals surface area contributed by atoms with Crippen molar-refractivity contribution in [1.29, 1.82) is 0 Å². The Morgan fingerprint density at radius 1 is 1.11 bits per heavy atom. The van der Waals surface area contributed by atoms with Crippen molar-refractivity contribution in [2.45, 2.75) is 12.8 Å². The molecule has 0 aromatic heterocycles. The van der Waals surface area contributed by atoms with E-state index in [4.69, 9.17) is 23.2 Å². The van der Waals surface area contributed by atoms with Crippen molar-refractivity contribution in [3.8, 4) is 0 Å². The predicted octanol–water partition coefficient (Wildman–Crippen LogP) is 4.76.